The fourth-order valence-electron chi connectivity index (χ4n) is 1.58. The molecule has 80 valence electrons. The molecule has 0 bridgehead atoms. The monoisotopic (exact) mass is 249 g/mol. The van der Waals surface area contributed by atoms with Gasteiger partial charge in [0.25, 0.3) is 0 Å². The van der Waals surface area contributed by atoms with E-state index in [1.54, 1.807) is 0 Å². The van der Waals surface area contributed by atoms with E-state index in [1.165, 1.54) is 69.5 Å². The smallest absolute Gasteiger partial charge is 0.00313 e. The summed E-state index contributed by atoms with van der Waals surface area (Å²) in [5, 5.41) is 1.18. The first-order valence-corrected chi connectivity index (χ1v) is 7.10. The molecule has 0 nitrogen and oxygen atoms in total. The Morgan fingerprint density at radius 1 is 0.615 bits per heavy atom. The fourth-order valence-corrected chi connectivity index (χ4v) is 1.98. The third-order valence-electron chi connectivity index (χ3n) is 2.49. The van der Waals surface area contributed by atoms with Crippen LogP contribution in [0.4, 0.5) is 0 Å². The predicted molar refractivity (Wildman–Crippen MR) is 65.6 cm³/mol. The summed E-state index contributed by atoms with van der Waals surface area (Å²) >= 11 is 3.46. The first kappa shape index (κ1) is 13.5. The maximum Gasteiger partial charge on any atom is 0.00313 e. The summed E-state index contributed by atoms with van der Waals surface area (Å²) in [4.78, 5) is 0. The fraction of sp³-hybridized carbons (Fsp3) is 1.00. The van der Waals surface area contributed by atoms with E-state index < -0.39 is 0 Å². The van der Waals surface area contributed by atoms with Crippen molar-refractivity contribution in [2.45, 2.75) is 71.1 Å². The van der Waals surface area contributed by atoms with E-state index in [9.17, 15) is 0 Å². The van der Waals surface area contributed by atoms with Crippen LogP contribution in [0, 0.1) is 0 Å². The third kappa shape index (κ3) is 12.5. The Morgan fingerprint density at radius 2 is 1.00 bits per heavy atom. The molecular weight excluding hydrogens is 225 g/mol. The van der Waals surface area contributed by atoms with Crippen LogP contribution in [0.25, 0.3) is 0 Å². The van der Waals surface area contributed by atoms with Crippen LogP contribution in [-0.2, 0) is 0 Å². The van der Waals surface area contributed by atoms with E-state index in [-0.39, 0.29) is 0 Å². The predicted octanol–water partition coefficient (Wildman–Crippen LogP) is 5.30. The number of rotatable bonds is 10. The second kappa shape index (κ2) is 12.5. The summed E-state index contributed by atoms with van der Waals surface area (Å²) in [5.74, 6) is 0. The lowest BCUT2D eigenvalue weighted by atomic mass is 10.1. The Balaban J connectivity index is 2.76. The minimum Gasteiger partial charge on any atom is -0.0928 e. The molecule has 0 heterocycles. The zero-order valence-corrected chi connectivity index (χ0v) is 10.7. The highest BCUT2D eigenvalue weighted by Crippen LogP contribution is 2.10. The zero-order chi connectivity index (χ0) is 9.78. The number of halogens is 1. The van der Waals surface area contributed by atoms with Crippen LogP contribution in [0.3, 0.4) is 0 Å². The molecule has 0 atom stereocenters. The molecule has 0 aromatic carbocycles. The van der Waals surface area contributed by atoms with Crippen LogP contribution in [0.5, 0.6) is 0 Å². The lowest BCUT2D eigenvalue weighted by Gasteiger charge is -2.00. The number of hydrogen-bond acceptors (Lipinski definition) is 0. The average molecular weight is 250 g/mol. The van der Waals surface area contributed by atoms with E-state index >= 15 is 0 Å². The lowest BCUT2D eigenvalue weighted by molar-refractivity contribution is 0.563. The molecule has 0 aliphatic rings. The second-order valence-electron chi connectivity index (χ2n) is 3.87. The molecular formula is C12H25Br. The quantitative estimate of drug-likeness (QED) is 0.280. The highest BCUT2D eigenvalue weighted by molar-refractivity contribution is 9.09. The minimum atomic E-state index is 1.18. The molecule has 1 heteroatoms. The van der Waals surface area contributed by atoms with Crippen molar-refractivity contribution in [2.75, 3.05) is 5.33 Å². The van der Waals surface area contributed by atoms with Crippen molar-refractivity contribution in [2.24, 2.45) is 0 Å². The maximum absolute atomic E-state index is 3.46. The van der Waals surface area contributed by atoms with Gasteiger partial charge in [-0.25, -0.2) is 0 Å². The van der Waals surface area contributed by atoms with E-state index in [0.717, 1.165) is 0 Å². The van der Waals surface area contributed by atoms with Gasteiger partial charge >= 0.3 is 0 Å². The number of alkyl halides is 1. The van der Waals surface area contributed by atoms with E-state index in [4.69, 9.17) is 0 Å². The molecule has 13 heavy (non-hydrogen) atoms. The molecule has 0 fully saturated rings. The molecule has 0 aliphatic heterocycles. The molecule has 0 unspecified atom stereocenters. The summed E-state index contributed by atoms with van der Waals surface area (Å²) in [6.45, 7) is 2.28. The summed E-state index contributed by atoms with van der Waals surface area (Å²) < 4.78 is 0. The van der Waals surface area contributed by atoms with Gasteiger partial charge in [0.05, 0.1) is 0 Å². The van der Waals surface area contributed by atoms with Crippen LogP contribution in [0.1, 0.15) is 71.1 Å². The van der Waals surface area contributed by atoms with Crippen molar-refractivity contribution < 1.29 is 0 Å². The molecule has 0 aromatic rings. The van der Waals surface area contributed by atoms with Gasteiger partial charge < -0.3 is 0 Å². The van der Waals surface area contributed by atoms with E-state index in [2.05, 4.69) is 22.9 Å². The molecule has 0 spiro atoms. The first-order chi connectivity index (χ1) is 6.41. The SMILES string of the molecule is CCCCCCCCCCC[13CH2]Br. The first-order valence-electron chi connectivity index (χ1n) is 5.97. The van der Waals surface area contributed by atoms with Crippen molar-refractivity contribution in [3.05, 3.63) is 0 Å². The van der Waals surface area contributed by atoms with Crippen LogP contribution < -0.4 is 0 Å². The molecule has 0 saturated carbocycles. The van der Waals surface area contributed by atoms with Crippen molar-refractivity contribution in [1.82, 2.24) is 0 Å². The number of hydrogen-bond donors (Lipinski definition) is 0. The Labute approximate surface area is 92.6 Å². The van der Waals surface area contributed by atoms with Gasteiger partial charge in [-0.15, -0.1) is 0 Å². The summed E-state index contributed by atoms with van der Waals surface area (Å²) in [7, 11) is 0. The highest BCUT2D eigenvalue weighted by Gasteiger charge is 1.91. The van der Waals surface area contributed by atoms with Crippen molar-refractivity contribution >= 4 is 15.9 Å². The van der Waals surface area contributed by atoms with Crippen LogP contribution >= 0.6 is 15.9 Å². The van der Waals surface area contributed by atoms with E-state index in [0.29, 0.717) is 0 Å². The van der Waals surface area contributed by atoms with Gasteiger partial charge in [0, 0.05) is 5.33 Å². The Bertz CT molecular complexity index is 71.2. The normalized spacial score (nSPS) is 10.6. The Kier molecular flexibility index (Phi) is 12.9. The summed E-state index contributed by atoms with van der Waals surface area (Å²) in [6, 6.07) is 0. The largest absolute Gasteiger partial charge is 0.0928 e. The Hall–Kier alpha value is 0.480. The lowest BCUT2D eigenvalue weighted by Crippen LogP contribution is -1.81. The van der Waals surface area contributed by atoms with Gasteiger partial charge in [0.1, 0.15) is 0 Å². The van der Waals surface area contributed by atoms with Gasteiger partial charge in [0.2, 0.25) is 0 Å². The molecule has 0 amide bonds. The zero-order valence-electron chi connectivity index (χ0n) is 9.16. The van der Waals surface area contributed by atoms with Gasteiger partial charge in [-0.05, 0) is 6.42 Å². The van der Waals surface area contributed by atoms with E-state index in [1.807, 2.05) is 0 Å². The number of unbranched alkanes of at least 4 members (excludes halogenated alkanes) is 9. The molecule has 0 N–H and O–H groups in total. The van der Waals surface area contributed by atoms with Gasteiger partial charge in [-0.2, -0.15) is 0 Å². The molecule has 0 rings (SSSR count). The molecule has 0 saturated heterocycles. The van der Waals surface area contributed by atoms with Crippen molar-refractivity contribution in [3.8, 4) is 0 Å². The van der Waals surface area contributed by atoms with Gasteiger partial charge in [-0.1, -0.05) is 80.6 Å². The maximum atomic E-state index is 3.46. The van der Waals surface area contributed by atoms with Crippen LogP contribution in [0.15, 0.2) is 0 Å². The van der Waals surface area contributed by atoms with Crippen LogP contribution in [-0.4, -0.2) is 5.33 Å². The molecule has 0 aliphatic carbocycles. The van der Waals surface area contributed by atoms with Crippen LogP contribution in [0.2, 0.25) is 0 Å². The topological polar surface area (TPSA) is 0 Å². The standard InChI is InChI=1S/C12H25Br/c1-2-3-4-5-6-7-8-9-10-11-12-13/h2-12H2,1H3/i12+1. The second-order valence-corrected chi connectivity index (χ2v) is 4.66. The summed E-state index contributed by atoms with van der Waals surface area (Å²) in [6.07, 6.45) is 14.3. The van der Waals surface area contributed by atoms with Crippen molar-refractivity contribution in [1.29, 1.82) is 0 Å². The van der Waals surface area contributed by atoms with Gasteiger partial charge in [-0.3, -0.25) is 0 Å². The highest BCUT2D eigenvalue weighted by atomic mass is 79.9. The molecule has 0 aromatic heterocycles. The molecule has 0 radical (unpaired) electrons. The van der Waals surface area contributed by atoms with Gasteiger partial charge in [0.15, 0.2) is 0 Å². The minimum absolute atomic E-state index is 1.18. The Morgan fingerprint density at radius 3 is 1.38 bits per heavy atom. The summed E-state index contributed by atoms with van der Waals surface area (Å²) in [5.41, 5.74) is 0. The third-order valence-corrected chi connectivity index (χ3v) is 3.05. The van der Waals surface area contributed by atoms with Crippen molar-refractivity contribution in [3.63, 3.8) is 0 Å². The average Bonchev–Trinajstić information content (AvgIpc) is 2.16.